The van der Waals surface area contributed by atoms with Crippen molar-refractivity contribution in [1.82, 2.24) is 14.9 Å². The van der Waals surface area contributed by atoms with Crippen LogP contribution in [0.3, 0.4) is 0 Å². The number of hydrogen-bond acceptors (Lipinski definition) is 3. The van der Waals surface area contributed by atoms with E-state index < -0.39 is 0 Å². The van der Waals surface area contributed by atoms with Crippen molar-refractivity contribution in [3.8, 4) is 5.75 Å². The normalized spacial score (nSPS) is 12.0. The molecule has 32 heavy (non-hydrogen) atoms. The average molecular weight is 428 g/mol. The smallest absolute Gasteiger partial charge is 0.251 e. The Labute approximate surface area is 189 Å². The maximum Gasteiger partial charge on any atom is 0.251 e. The van der Waals surface area contributed by atoms with E-state index in [1.165, 1.54) is 0 Å². The fourth-order valence-electron chi connectivity index (χ4n) is 3.83. The quantitative estimate of drug-likeness (QED) is 0.372. The number of aromatic nitrogens is 2. The maximum absolute atomic E-state index is 12.7. The molecule has 0 aliphatic carbocycles. The number of nitrogens with one attached hydrogen (secondary N) is 1. The zero-order valence-electron chi connectivity index (χ0n) is 18.8. The third-order valence-corrected chi connectivity index (χ3v) is 5.61. The lowest BCUT2D eigenvalue weighted by molar-refractivity contribution is 0.0937. The lowest BCUT2D eigenvalue weighted by Gasteiger charge is -2.17. The predicted molar refractivity (Wildman–Crippen MR) is 128 cm³/mol. The Kier molecular flexibility index (Phi) is 6.55. The summed E-state index contributed by atoms with van der Waals surface area (Å²) >= 11 is 0. The molecule has 0 aliphatic rings. The third kappa shape index (κ3) is 4.83. The van der Waals surface area contributed by atoms with Gasteiger partial charge < -0.3 is 14.6 Å². The largest absolute Gasteiger partial charge is 0.493 e. The highest BCUT2D eigenvalue weighted by Crippen LogP contribution is 2.22. The first-order chi connectivity index (χ1) is 15.5. The molecule has 1 aromatic heterocycles. The number of para-hydroxylation sites is 3. The van der Waals surface area contributed by atoms with E-state index in [-0.39, 0.29) is 11.9 Å². The number of nitrogens with zero attached hydrogens (tertiary/aromatic N) is 2. The van der Waals surface area contributed by atoms with Gasteiger partial charge in [0.15, 0.2) is 0 Å². The number of ether oxygens (including phenoxy) is 1. The van der Waals surface area contributed by atoms with Gasteiger partial charge in [0.05, 0.1) is 23.7 Å². The number of imidazole rings is 1. The van der Waals surface area contributed by atoms with Gasteiger partial charge >= 0.3 is 0 Å². The molecule has 4 rings (SSSR count). The van der Waals surface area contributed by atoms with Gasteiger partial charge in [-0.25, -0.2) is 4.98 Å². The average Bonchev–Trinajstić information content (AvgIpc) is 3.17. The summed E-state index contributed by atoms with van der Waals surface area (Å²) in [5, 5.41) is 3.10. The molecule has 164 valence electrons. The van der Waals surface area contributed by atoms with Crippen molar-refractivity contribution >= 4 is 16.9 Å². The van der Waals surface area contributed by atoms with Gasteiger partial charge in [-0.05, 0) is 63.1 Å². The standard InChI is InChI=1S/C27H29N3O2/c1-19-13-15-22(16-14-19)27(31)28-21(3)26-29-23-10-5-6-11-24(23)30(26)17-8-18-32-25-12-7-4-9-20(25)2/h4-7,9-16,21H,8,17-18H2,1-3H3,(H,28,31). The molecular weight excluding hydrogens is 398 g/mol. The molecule has 3 aromatic carbocycles. The molecular formula is C27H29N3O2. The lowest BCUT2D eigenvalue weighted by Crippen LogP contribution is -2.28. The minimum atomic E-state index is -0.228. The second-order valence-corrected chi connectivity index (χ2v) is 8.14. The van der Waals surface area contributed by atoms with Gasteiger partial charge in [0.2, 0.25) is 0 Å². The molecule has 1 N–H and O–H groups in total. The Balaban J connectivity index is 1.48. The summed E-state index contributed by atoms with van der Waals surface area (Å²) in [5.41, 5.74) is 4.91. The van der Waals surface area contributed by atoms with E-state index in [2.05, 4.69) is 28.9 Å². The molecule has 0 aliphatic heterocycles. The van der Waals surface area contributed by atoms with Crippen LogP contribution in [0, 0.1) is 13.8 Å². The van der Waals surface area contributed by atoms with Crippen molar-refractivity contribution in [2.45, 2.75) is 39.8 Å². The Morgan fingerprint density at radius 2 is 1.72 bits per heavy atom. The van der Waals surface area contributed by atoms with Crippen LogP contribution in [0.1, 0.15) is 46.7 Å². The second kappa shape index (κ2) is 9.69. The van der Waals surface area contributed by atoms with Crippen molar-refractivity contribution in [3.63, 3.8) is 0 Å². The van der Waals surface area contributed by atoms with Crippen molar-refractivity contribution in [3.05, 3.63) is 95.3 Å². The van der Waals surface area contributed by atoms with Gasteiger partial charge in [-0.1, -0.05) is 48.0 Å². The van der Waals surface area contributed by atoms with Crippen LogP contribution < -0.4 is 10.1 Å². The Hall–Kier alpha value is -3.60. The molecule has 5 nitrogen and oxygen atoms in total. The highest BCUT2D eigenvalue weighted by molar-refractivity contribution is 5.94. The molecule has 5 heteroatoms. The second-order valence-electron chi connectivity index (χ2n) is 8.14. The molecule has 0 saturated heterocycles. The van der Waals surface area contributed by atoms with Gasteiger partial charge in [0.1, 0.15) is 11.6 Å². The predicted octanol–water partition coefficient (Wildman–Crippen LogP) is 5.61. The van der Waals surface area contributed by atoms with Crippen LogP contribution in [0.15, 0.2) is 72.8 Å². The molecule has 1 heterocycles. The summed E-state index contributed by atoms with van der Waals surface area (Å²) < 4.78 is 8.17. The van der Waals surface area contributed by atoms with E-state index in [1.807, 2.05) is 74.5 Å². The number of benzene rings is 3. The first-order valence-corrected chi connectivity index (χ1v) is 11.0. The van der Waals surface area contributed by atoms with Gasteiger partial charge in [-0.2, -0.15) is 0 Å². The lowest BCUT2D eigenvalue weighted by atomic mass is 10.1. The number of rotatable bonds is 8. The fraction of sp³-hybridized carbons (Fsp3) is 0.259. The minimum absolute atomic E-state index is 0.0982. The summed E-state index contributed by atoms with van der Waals surface area (Å²) in [6, 6.07) is 23.5. The molecule has 0 bridgehead atoms. The van der Waals surface area contributed by atoms with E-state index in [0.29, 0.717) is 12.2 Å². The first kappa shape index (κ1) is 21.6. The van der Waals surface area contributed by atoms with Crippen molar-refractivity contribution in [1.29, 1.82) is 0 Å². The zero-order valence-corrected chi connectivity index (χ0v) is 18.8. The molecule has 1 unspecified atom stereocenters. The molecule has 0 saturated carbocycles. The zero-order chi connectivity index (χ0) is 22.5. The number of aryl methyl sites for hydroxylation is 3. The molecule has 0 spiro atoms. The van der Waals surface area contributed by atoms with Crippen LogP contribution in [0.5, 0.6) is 5.75 Å². The molecule has 1 atom stereocenters. The van der Waals surface area contributed by atoms with Gasteiger partial charge in [-0.3, -0.25) is 4.79 Å². The van der Waals surface area contributed by atoms with E-state index in [0.717, 1.165) is 46.7 Å². The van der Waals surface area contributed by atoms with Crippen LogP contribution in [-0.4, -0.2) is 22.1 Å². The van der Waals surface area contributed by atoms with Crippen LogP contribution in [0.2, 0.25) is 0 Å². The van der Waals surface area contributed by atoms with Crippen LogP contribution in [0.25, 0.3) is 11.0 Å². The molecule has 0 fully saturated rings. The summed E-state index contributed by atoms with van der Waals surface area (Å²) in [5.74, 6) is 1.67. The van der Waals surface area contributed by atoms with E-state index in [4.69, 9.17) is 9.72 Å². The van der Waals surface area contributed by atoms with Crippen LogP contribution in [-0.2, 0) is 6.54 Å². The Morgan fingerprint density at radius 1 is 1.00 bits per heavy atom. The topological polar surface area (TPSA) is 56.2 Å². The molecule has 1 amide bonds. The fourth-order valence-corrected chi connectivity index (χ4v) is 3.83. The monoisotopic (exact) mass is 427 g/mol. The number of amides is 1. The Morgan fingerprint density at radius 3 is 2.50 bits per heavy atom. The van der Waals surface area contributed by atoms with Gasteiger partial charge in [0.25, 0.3) is 5.91 Å². The minimum Gasteiger partial charge on any atom is -0.493 e. The number of carbonyl (C=O) groups excluding carboxylic acids is 1. The highest BCUT2D eigenvalue weighted by atomic mass is 16.5. The highest BCUT2D eigenvalue weighted by Gasteiger charge is 2.19. The van der Waals surface area contributed by atoms with Crippen molar-refractivity contribution < 1.29 is 9.53 Å². The number of hydrogen-bond donors (Lipinski definition) is 1. The SMILES string of the molecule is Cc1ccc(C(=O)NC(C)c2nc3ccccc3n2CCCOc2ccccc2C)cc1. The number of fused-ring (bicyclic) bond motifs is 1. The molecule has 0 radical (unpaired) electrons. The van der Waals surface area contributed by atoms with Gasteiger partial charge in [0, 0.05) is 12.1 Å². The first-order valence-electron chi connectivity index (χ1n) is 11.0. The van der Waals surface area contributed by atoms with E-state index in [1.54, 1.807) is 0 Å². The maximum atomic E-state index is 12.7. The number of carbonyl (C=O) groups is 1. The summed E-state index contributed by atoms with van der Waals surface area (Å²) in [4.78, 5) is 17.6. The van der Waals surface area contributed by atoms with E-state index >= 15 is 0 Å². The van der Waals surface area contributed by atoms with Crippen LogP contribution in [0.4, 0.5) is 0 Å². The Bertz CT molecular complexity index is 1210. The summed E-state index contributed by atoms with van der Waals surface area (Å²) in [7, 11) is 0. The molecule has 4 aromatic rings. The van der Waals surface area contributed by atoms with Crippen LogP contribution >= 0.6 is 0 Å². The third-order valence-electron chi connectivity index (χ3n) is 5.61. The van der Waals surface area contributed by atoms with Crippen molar-refractivity contribution in [2.75, 3.05) is 6.61 Å². The summed E-state index contributed by atoms with van der Waals surface area (Å²) in [6.45, 7) is 7.41. The van der Waals surface area contributed by atoms with E-state index in [9.17, 15) is 4.79 Å². The van der Waals surface area contributed by atoms with Gasteiger partial charge in [-0.15, -0.1) is 0 Å². The van der Waals surface area contributed by atoms with Crippen molar-refractivity contribution in [2.24, 2.45) is 0 Å². The summed E-state index contributed by atoms with van der Waals surface area (Å²) in [6.07, 6.45) is 0.834.